The van der Waals surface area contributed by atoms with E-state index in [1.807, 2.05) is 11.9 Å². The Kier molecular flexibility index (Phi) is 5.50. The first kappa shape index (κ1) is 17.6. The molecule has 1 amide bonds. The molecular weight excluding hydrogens is 292 g/mol. The average Bonchev–Trinajstić information content (AvgIpc) is 2.81. The second-order valence-corrected chi connectivity index (χ2v) is 6.59. The van der Waals surface area contributed by atoms with Gasteiger partial charge in [-0.3, -0.25) is 4.79 Å². The molecule has 1 heterocycles. The Hall–Kier alpha value is -1.78. The van der Waals surface area contributed by atoms with Gasteiger partial charge in [-0.2, -0.15) is 0 Å². The standard InChI is InChI=1S/C18H28N2O3/c1-6-23-18(22)15-12(3)16(19-13(15)4)17(21)20(5)14-10-8-7-9-11(14)2/h11,14,19H,6-10H2,1-5H3. The Balaban J connectivity index is 2.25. The molecular formula is C18H28N2O3. The van der Waals surface area contributed by atoms with Crippen LogP contribution in [0.2, 0.25) is 0 Å². The summed E-state index contributed by atoms with van der Waals surface area (Å²) in [4.78, 5) is 29.9. The van der Waals surface area contributed by atoms with Crippen LogP contribution in [0.3, 0.4) is 0 Å². The molecule has 1 N–H and O–H groups in total. The summed E-state index contributed by atoms with van der Waals surface area (Å²) in [6, 6.07) is 0.269. The molecule has 0 bridgehead atoms. The predicted octanol–water partition coefficient (Wildman–Crippen LogP) is 3.46. The first-order chi connectivity index (χ1) is 10.9. The lowest BCUT2D eigenvalue weighted by Gasteiger charge is -2.36. The van der Waals surface area contributed by atoms with E-state index in [1.54, 1.807) is 20.8 Å². The number of aryl methyl sites for hydroxylation is 1. The van der Waals surface area contributed by atoms with Gasteiger partial charge in [-0.25, -0.2) is 4.79 Å². The number of H-pyrrole nitrogens is 1. The van der Waals surface area contributed by atoms with Gasteiger partial charge in [0.05, 0.1) is 12.2 Å². The highest BCUT2D eigenvalue weighted by molar-refractivity contribution is 6.00. The highest BCUT2D eigenvalue weighted by atomic mass is 16.5. The van der Waals surface area contributed by atoms with E-state index in [1.165, 1.54) is 19.3 Å². The molecule has 0 aromatic carbocycles. The molecule has 0 spiro atoms. The maximum Gasteiger partial charge on any atom is 0.340 e. The lowest BCUT2D eigenvalue weighted by atomic mass is 9.85. The number of hydrogen-bond acceptors (Lipinski definition) is 3. The fourth-order valence-corrected chi connectivity index (χ4v) is 3.67. The van der Waals surface area contributed by atoms with E-state index in [0.29, 0.717) is 35.0 Å². The number of carbonyl (C=O) groups excluding carboxylic acids is 2. The number of ether oxygens (including phenoxy) is 1. The molecule has 1 aromatic rings. The summed E-state index contributed by atoms with van der Waals surface area (Å²) in [7, 11) is 1.87. The highest BCUT2D eigenvalue weighted by Crippen LogP contribution is 2.29. The molecule has 1 aromatic heterocycles. The molecule has 23 heavy (non-hydrogen) atoms. The van der Waals surface area contributed by atoms with Crippen LogP contribution in [0.15, 0.2) is 0 Å². The number of rotatable bonds is 4. The Labute approximate surface area is 138 Å². The number of aromatic nitrogens is 1. The summed E-state index contributed by atoms with van der Waals surface area (Å²) in [6.07, 6.45) is 4.63. The van der Waals surface area contributed by atoms with Crippen LogP contribution in [0, 0.1) is 19.8 Å². The summed E-state index contributed by atoms with van der Waals surface area (Å²) in [5.41, 5.74) is 2.36. The first-order valence-corrected chi connectivity index (χ1v) is 8.51. The number of aromatic amines is 1. The molecule has 5 heteroatoms. The molecule has 0 saturated heterocycles. The number of carbonyl (C=O) groups is 2. The average molecular weight is 320 g/mol. The Morgan fingerprint density at radius 3 is 2.52 bits per heavy atom. The maximum absolute atomic E-state index is 12.9. The number of amides is 1. The Morgan fingerprint density at radius 2 is 1.91 bits per heavy atom. The third-order valence-electron chi connectivity index (χ3n) is 5.01. The fraction of sp³-hybridized carbons (Fsp3) is 0.667. The second-order valence-electron chi connectivity index (χ2n) is 6.59. The highest BCUT2D eigenvalue weighted by Gasteiger charge is 2.31. The van der Waals surface area contributed by atoms with Crippen molar-refractivity contribution >= 4 is 11.9 Å². The SMILES string of the molecule is CCOC(=O)c1c(C)[nH]c(C(=O)N(C)C2CCCCC2C)c1C. The normalized spacial score (nSPS) is 21.1. The van der Waals surface area contributed by atoms with E-state index < -0.39 is 0 Å². The van der Waals surface area contributed by atoms with Crippen LogP contribution in [0.4, 0.5) is 0 Å². The molecule has 0 aliphatic heterocycles. The molecule has 2 unspecified atom stereocenters. The third kappa shape index (κ3) is 3.43. The van der Waals surface area contributed by atoms with Crippen LogP contribution >= 0.6 is 0 Å². The minimum absolute atomic E-state index is 0.0418. The molecule has 2 atom stereocenters. The van der Waals surface area contributed by atoms with E-state index >= 15 is 0 Å². The molecule has 0 radical (unpaired) electrons. The van der Waals surface area contributed by atoms with E-state index in [0.717, 1.165) is 6.42 Å². The van der Waals surface area contributed by atoms with Gasteiger partial charge >= 0.3 is 5.97 Å². The zero-order valence-electron chi connectivity index (χ0n) is 14.9. The predicted molar refractivity (Wildman–Crippen MR) is 89.7 cm³/mol. The van der Waals surface area contributed by atoms with Gasteiger partial charge in [0, 0.05) is 18.8 Å². The summed E-state index contributed by atoms with van der Waals surface area (Å²) >= 11 is 0. The lowest BCUT2D eigenvalue weighted by Crippen LogP contribution is -2.43. The molecule has 128 valence electrons. The molecule has 1 fully saturated rings. The van der Waals surface area contributed by atoms with Crippen LogP contribution < -0.4 is 0 Å². The van der Waals surface area contributed by atoms with Gasteiger partial charge in [0.1, 0.15) is 5.69 Å². The zero-order chi connectivity index (χ0) is 17.1. The van der Waals surface area contributed by atoms with Gasteiger partial charge < -0.3 is 14.6 Å². The quantitative estimate of drug-likeness (QED) is 0.864. The number of esters is 1. The van der Waals surface area contributed by atoms with Crippen molar-refractivity contribution in [1.82, 2.24) is 9.88 Å². The minimum Gasteiger partial charge on any atom is -0.462 e. The Morgan fingerprint density at radius 1 is 1.26 bits per heavy atom. The number of hydrogen-bond donors (Lipinski definition) is 1. The van der Waals surface area contributed by atoms with Crippen LogP contribution in [0.1, 0.15) is 71.6 Å². The van der Waals surface area contributed by atoms with Gasteiger partial charge in [-0.05, 0) is 45.1 Å². The van der Waals surface area contributed by atoms with Crippen LogP contribution in [0.25, 0.3) is 0 Å². The maximum atomic E-state index is 12.9. The first-order valence-electron chi connectivity index (χ1n) is 8.51. The van der Waals surface area contributed by atoms with Crippen molar-refractivity contribution in [3.05, 3.63) is 22.5 Å². The summed E-state index contributed by atoms with van der Waals surface area (Å²) < 4.78 is 5.09. The summed E-state index contributed by atoms with van der Waals surface area (Å²) in [6.45, 7) is 7.93. The van der Waals surface area contributed by atoms with E-state index in [2.05, 4.69) is 11.9 Å². The lowest BCUT2D eigenvalue weighted by molar-refractivity contribution is 0.0525. The van der Waals surface area contributed by atoms with Crippen LogP contribution in [-0.2, 0) is 4.74 Å². The van der Waals surface area contributed by atoms with Crippen molar-refractivity contribution in [1.29, 1.82) is 0 Å². The summed E-state index contributed by atoms with van der Waals surface area (Å²) in [5, 5.41) is 0. The van der Waals surface area contributed by atoms with Crippen molar-refractivity contribution < 1.29 is 14.3 Å². The van der Waals surface area contributed by atoms with Crippen molar-refractivity contribution in [3.63, 3.8) is 0 Å². The van der Waals surface area contributed by atoms with E-state index in [4.69, 9.17) is 4.74 Å². The fourth-order valence-electron chi connectivity index (χ4n) is 3.67. The van der Waals surface area contributed by atoms with Crippen LogP contribution in [-0.4, -0.2) is 41.5 Å². The number of nitrogens with zero attached hydrogens (tertiary/aromatic N) is 1. The van der Waals surface area contributed by atoms with Gasteiger partial charge in [0.25, 0.3) is 5.91 Å². The molecule has 1 aliphatic carbocycles. The molecule has 1 saturated carbocycles. The van der Waals surface area contributed by atoms with Crippen molar-refractivity contribution in [2.24, 2.45) is 5.92 Å². The van der Waals surface area contributed by atoms with Crippen molar-refractivity contribution in [3.8, 4) is 0 Å². The van der Waals surface area contributed by atoms with E-state index in [9.17, 15) is 9.59 Å². The summed E-state index contributed by atoms with van der Waals surface area (Å²) in [5.74, 6) is 0.102. The second kappa shape index (κ2) is 7.20. The number of nitrogens with one attached hydrogen (secondary N) is 1. The monoisotopic (exact) mass is 320 g/mol. The van der Waals surface area contributed by atoms with Gasteiger partial charge in [-0.1, -0.05) is 19.8 Å². The van der Waals surface area contributed by atoms with Crippen LogP contribution in [0.5, 0.6) is 0 Å². The van der Waals surface area contributed by atoms with E-state index in [-0.39, 0.29) is 17.9 Å². The Bertz CT molecular complexity index is 591. The molecule has 1 aliphatic rings. The molecule has 5 nitrogen and oxygen atoms in total. The molecule has 2 rings (SSSR count). The largest absolute Gasteiger partial charge is 0.462 e. The van der Waals surface area contributed by atoms with Crippen molar-refractivity contribution in [2.75, 3.05) is 13.7 Å². The smallest absolute Gasteiger partial charge is 0.340 e. The third-order valence-corrected chi connectivity index (χ3v) is 5.01. The van der Waals surface area contributed by atoms with Gasteiger partial charge in [-0.15, -0.1) is 0 Å². The van der Waals surface area contributed by atoms with Crippen molar-refractivity contribution in [2.45, 2.75) is 59.4 Å². The topological polar surface area (TPSA) is 62.4 Å². The minimum atomic E-state index is -0.369. The van der Waals surface area contributed by atoms with Gasteiger partial charge in [0.15, 0.2) is 0 Å². The zero-order valence-corrected chi connectivity index (χ0v) is 14.9. The van der Waals surface area contributed by atoms with Gasteiger partial charge in [0.2, 0.25) is 0 Å².